The Morgan fingerprint density at radius 3 is 2.33 bits per heavy atom. The lowest BCUT2D eigenvalue weighted by molar-refractivity contribution is 0.296. The molecule has 0 bridgehead atoms. The third-order valence-corrected chi connectivity index (χ3v) is 7.91. The lowest BCUT2D eigenvalue weighted by Gasteiger charge is -2.29. The predicted octanol–water partition coefficient (Wildman–Crippen LogP) is 9.31. The van der Waals surface area contributed by atoms with Crippen LogP contribution in [0.5, 0.6) is 5.75 Å². The Labute approximate surface area is 212 Å². The van der Waals surface area contributed by atoms with E-state index in [9.17, 15) is 17.6 Å². The third kappa shape index (κ3) is 5.87. The van der Waals surface area contributed by atoms with Gasteiger partial charge in [0.15, 0.2) is 23.2 Å². The molecule has 1 fully saturated rings. The Balaban J connectivity index is 1.33. The average molecular weight is 501 g/mol. The molecule has 194 valence electrons. The number of benzene rings is 2. The van der Waals surface area contributed by atoms with Crippen LogP contribution in [0.25, 0.3) is 5.57 Å². The van der Waals surface area contributed by atoms with Crippen LogP contribution >= 0.6 is 0 Å². The molecule has 4 rings (SSSR count). The van der Waals surface area contributed by atoms with Crippen molar-refractivity contribution < 1.29 is 22.3 Å². The Kier molecular flexibility index (Phi) is 8.92. The van der Waals surface area contributed by atoms with E-state index in [-0.39, 0.29) is 18.3 Å². The summed E-state index contributed by atoms with van der Waals surface area (Å²) in [6.07, 6.45) is 13.3. The Bertz CT molecular complexity index is 1110. The van der Waals surface area contributed by atoms with Crippen LogP contribution in [-0.4, -0.2) is 6.61 Å². The number of allylic oxidation sites excluding steroid dienone is 4. The van der Waals surface area contributed by atoms with E-state index in [1.54, 1.807) is 25.1 Å². The van der Waals surface area contributed by atoms with Gasteiger partial charge >= 0.3 is 0 Å². The van der Waals surface area contributed by atoms with Crippen LogP contribution in [0.1, 0.15) is 87.8 Å². The first kappa shape index (κ1) is 26.5. The van der Waals surface area contributed by atoms with Crippen molar-refractivity contribution in [2.75, 3.05) is 6.61 Å². The first-order chi connectivity index (χ1) is 17.4. The molecular weight excluding hydrogens is 464 g/mol. The van der Waals surface area contributed by atoms with Crippen molar-refractivity contribution in [2.45, 2.75) is 77.6 Å². The first-order valence-electron chi connectivity index (χ1n) is 13.3. The topological polar surface area (TPSA) is 9.23 Å². The molecule has 5 heteroatoms. The van der Waals surface area contributed by atoms with Gasteiger partial charge in [-0.2, -0.15) is 4.39 Å². The van der Waals surface area contributed by atoms with Crippen molar-refractivity contribution in [1.29, 1.82) is 0 Å². The maximum Gasteiger partial charge on any atom is 0.200 e. The summed E-state index contributed by atoms with van der Waals surface area (Å²) < 4.78 is 63.9. The predicted molar refractivity (Wildman–Crippen MR) is 137 cm³/mol. The van der Waals surface area contributed by atoms with Crippen molar-refractivity contribution in [2.24, 2.45) is 11.8 Å². The first-order valence-corrected chi connectivity index (χ1v) is 13.3. The second-order valence-corrected chi connectivity index (χ2v) is 10.2. The van der Waals surface area contributed by atoms with Crippen molar-refractivity contribution in [3.8, 4) is 5.75 Å². The van der Waals surface area contributed by atoms with E-state index in [0.717, 1.165) is 56.9 Å². The van der Waals surface area contributed by atoms with Gasteiger partial charge in [-0.15, -0.1) is 0 Å². The van der Waals surface area contributed by atoms with Crippen molar-refractivity contribution in [3.63, 3.8) is 0 Å². The summed E-state index contributed by atoms with van der Waals surface area (Å²) in [6, 6.07) is 6.61. The molecular formula is C31H36F4O. The summed E-state index contributed by atoms with van der Waals surface area (Å²) >= 11 is 0. The van der Waals surface area contributed by atoms with Crippen LogP contribution in [0.4, 0.5) is 17.6 Å². The molecule has 0 spiro atoms. The summed E-state index contributed by atoms with van der Waals surface area (Å²) in [7, 11) is 0. The zero-order valence-electron chi connectivity index (χ0n) is 21.3. The number of hydrogen-bond acceptors (Lipinski definition) is 1. The fourth-order valence-corrected chi connectivity index (χ4v) is 5.83. The van der Waals surface area contributed by atoms with Gasteiger partial charge in [0.05, 0.1) is 6.61 Å². The Morgan fingerprint density at radius 2 is 1.67 bits per heavy atom. The highest BCUT2D eigenvalue weighted by Crippen LogP contribution is 2.40. The molecule has 0 amide bonds. The van der Waals surface area contributed by atoms with Gasteiger partial charge in [-0.05, 0) is 112 Å². The molecule has 36 heavy (non-hydrogen) atoms. The summed E-state index contributed by atoms with van der Waals surface area (Å²) in [5.41, 5.74) is 2.11. The summed E-state index contributed by atoms with van der Waals surface area (Å²) in [5.74, 6) is -2.44. The van der Waals surface area contributed by atoms with E-state index in [1.165, 1.54) is 6.07 Å². The van der Waals surface area contributed by atoms with Gasteiger partial charge in [-0.1, -0.05) is 36.4 Å². The Hall–Kier alpha value is -2.56. The van der Waals surface area contributed by atoms with E-state index < -0.39 is 23.3 Å². The highest BCUT2D eigenvalue weighted by molar-refractivity contribution is 5.67. The molecule has 1 atom stereocenters. The molecule has 0 N–H and O–H groups in total. The number of aryl methyl sites for hydroxylation is 1. The maximum absolute atomic E-state index is 14.9. The van der Waals surface area contributed by atoms with Gasteiger partial charge in [0, 0.05) is 5.56 Å². The van der Waals surface area contributed by atoms with Crippen LogP contribution in [0.2, 0.25) is 0 Å². The minimum absolute atomic E-state index is 0.0314. The Morgan fingerprint density at radius 1 is 0.889 bits per heavy atom. The van der Waals surface area contributed by atoms with Crippen LogP contribution < -0.4 is 4.74 Å². The second-order valence-electron chi connectivity index (χ2n) is 10.2. The smallest absolute Gasteiger partial charge is 0.200 e. The largest absolute Gasteiger partial charge is 0.491 e. The minimum atomic E-state index is -0.918. The van der Waals surface area contributed by atoms with Crippen molar-refractivity contribution >= 4 is 5.57 Å². The normalized spacial score (nSPS) is 22.6. The lowest BCUT2D eigenvalue weighted by Crippen LogP contribution is -2.16. The summed E-state index contributed by atoms with van der Waals surface area (Å²) in [5, 5.41) is 0. The van der Waals surface area contributed by atoms with Crippen LogP contribution in [0.3, 0.4) is 0 Å². The van der Waals surface area contributed by atoms with E-state index in [1.807, 2.05) is 19.1 Å². The van der Waals surface area contributed by atoms with Crippen LogP contribution in [-0.2, 0) is 6.42 Å². The van der Waals surface area contributed by atoms with E-state index >= 15 is 0 Å². The van der Waals surface area contributed by atoms with Crippen molar-refractivity contribution in [3.05, 3.63) is 82.5 Å². The molecule has 0 saturated heterocycles. The van der Waals surface area contributed by atoms with Crippen LogP contribution in [0, 0.1) is 35.1 Å². The van der Waals surface area contributed by atoms with Gasteiger partial charge in [0.1, 0.15) is 0 Å². The molecule has 0 aliphatic heterocycles. The molecule has 0 aromatic heterocycles. The molecule has 2 aromatic carbocycles. The monoisotopic (exact) mass is 500 g/mol. The molecule has 0 radical (unpaired) electrons. The van der Waals surface area contributed by atoms with E-state index in [2.05, 4.69) is 6.08 Å². The van der Waals surface area contributed by atoms with Crippen molar-refractivity contribution in [1.82, 2.24) is 0 Å². The zero-order valence-corrected chi connectivity index (χ0v) is 21.3. The molecule has 1 unspecified atom stereocenters. The SMILES string of the molecule is CC=CC1CC=C(c2ccc(CCC3CCC(c4ccc(OCC)c(F)c4F)CC3)c(F)c2F)CC1. The molecule has 2 aliphatic carbocycles. The molecule has 1 saturated carbocycles. The highest BCUT2D eigenvalue weighted by Gasteiger charge is 2.27. The third-order valence-electron chi connectivity index (χ3n) is 7.91. The fraction of sp³-hybridized carbons (Fsp3) is 0.484. The van der Waals surface area contributed by atoms with Gasteiger partial charge in [0.2, 0.25) is 5.82 Å². The number of halogens is 4. The second kappa shape index (κ2) is 12.1. The minimum Gasteiger partial charge on any atom is -0.491 e. The van der Waals surface area contributed by atoms with E-state index in [4.69, 9.17) is 4.74 Å². The van der Waals surface area contributed by atoms with E-state index in [0.29, 0.717) is 34.9 Å². The van der Waals surface area contributed by atoms with Crippen LogP contribution in [0.15, 0.2) is 42.5 Å². The summed E-state index contributed by atoms with van der Waals surface area (Å²) in [4.78, 5) is 0. The average Bonchev–Trinajstić information content (AvgIpc) is 2.89. The van der Waals surface area contributed by atoms with Gasteiger partial charge in [-0.3, -0.25) is 0 Å². The summed E-state index contributed by atoms with van der Waals surface area (Å²) in [6.45, 7) is 4.01. The number of ether oxygens (including phenoxy) is 1. The quantitative estimate of drug-likeness (QED) is 0.259. The van der Waals surface area contributed by atoms with Gasteiger partial charge in [-0.25, -0.2) is 13.2 Å². The fourth-order valence-electron chi connectivity index (χ4n) is 5.83. The zero-order chi connectivity index (χ0) is 25.7. The highest BCUT2D eigenvalue weighted by atomic mass is 19.2. The van der Waals surface area contributed by atoms with Gasteiger partial charge in [0.25, 0.3) is 0 Å². The molecule has 1 nitrogen and oxygen atoms in total. The lowest BCUT2D eigenvalue weighted by atomic mass is 9.76. The molecule has 2 aromatic rings. The molecule has 2 aliphatic rings. The standard InChI is InChI=1S/C31H36F4O/c1-3-5-20-6-11-22(12-7-20)25-17-16-24(28(32)29(25)33)15-10-21-8-13-23(14-9-21)26-18-19-27(36-4-2)31(35)30(26)34/h3,5,11,16-21,23H,4,6-10,12-15H2,1-2H3. The maximum atomic E-state index is 14.9. The van der Waals surface area contributed by atoms with Gasteiger partial charge < -0.3 is 4.74 Å². The molecule has 0 heterocycles. The number of hydrogen-bond donors (Lipinski definition) is 0. The number of rotatable bonds is 8.